The van der Waals surface area contributed by atoms with Gasteiger partial charge >= 0.3 is 8.56 Å². The van der Waals surface area contributed by atoms with Crippen molar-refractivity contribution in [2.75, 3.05) is 13.2 Å². The van der Waals surface area contributed by atoms with E-state index >= 15 is 0 Å². The number of aryl methyl sites for hydroxylation is 1. The lowest BCUT2D eigenvalue weighted by atomic mass is 10.1. The highest BCUT2D eigenvalue weighted by molar-refractivity contribution is 6.67. The number of hydrogen-bond acceptors (Lipinski definition) is 2. The van der Waals surface area contributed by atoms with E-state index in [-0.39, 0.29) is 0 Å². The molecule has 0 heterocycles. The first kappa shape index (κ1) is 19.4. The molecule has 0 unspecified atom stereocenters. The van der Waals surface area contributed by atoms with Crippen molar-refractivity contribution >= 4 is 8.56 Å². The minimum atomic E-state index is -1.94. The minimum Gasteiger partial charge on any atom is -0.394 e. The molecule has 0 aromatic heterocycles. The molecule has 0 spiro atoms. The van der Waals surface area contributed by atoms with Gasteiger partial charge in [0.25, 0.3) is 0 Å². The second-order valence-corrected chi connectivity index (χ2v) is 9.78. The molecule has 0 N–H and O–H groups in total. The third-order valence-electron chi connectivity index (χ3n) is 4.26. The molecule has 0 fully saturated rings. The predicted molar refractivity (Wildman–Crippen MR) is 97.5 cm³/mol. The molecular weight excluding hydrogens is 288 g/mol. The summed E-state index contributed by atoms with van der Waals surface area (Å²) in [4.78, 5) is 0. The highest BCUT2D eigenvalue weighted by Crippen LogP contribution is 2.20. The Bertz CT molecular complexity index is 363. The summed E-state index contributed by atoms with van der Waals surface area (Å²) in [6, 6.07) is 12.8. The van der Waals surface area contributed by atoms with Crippen LogP contribution in [-0.2, 0) is 15.3 Å². The van der Waals surface area contributed by atoms with Crippen LogP contribution >= 0.6 is 0 Å². The lowest BCUT2D eigenvalue weighted by molar-refractivity contribution is 0.164. The van der Waals surface area contributed by atoms with Crippen molar-refractivity contribution in [2.45, 2.75) is 71.4 Å². The van der Waals surface area contributed by atoms with Crippen LogP contribution in [0.2, 0.25) is 12.1 Å². The number of rotatable bonds is 13. The Hall–Kier alpha value is -0.643. The first-order chi connectivity index (χ1) is 10.8. The van der Waals surface area contributed by atoms with Gasteiger partial charge in [-0.1, -0.05) is 70.4 Å². The van der Waals surface area contributed by atoms with Gasteiger partial charge in [0.1, 0.15) is 0 Å². The predicted octanol–water partition coefficient (Wildman–Crippen LogP) is 5.71. The third kappa shape index (κ3) is 7.57. The molecule has 0 radical (unpaired) electrons. The highest BCUT2D eigenvalue weighted by atomic mass is 28.4. The van der Waals surface area contributed by atoms with Crippen LogP contribution in [0.1, 0.15) is 58.4 Å². The van der Waals surface area contributed by atoms with Crippen LogP contribution in [0.5, 0.6) is 0 Å². The lowest BCUT2D eigenvalue weighted by Crippen LogP contribution is -2.41. The zero-order valence-electron chi connectivity index (χ0n) is 14.8. The summed E-state index contributed by atoms with van der Waals surface area (Å²) in [6.45, 7) is 8.40. The van der Waals surface area contributed by atoms with E-state index in [0.717, 1.165) is 38.1 Å². The Morgan fingerprint density at radius 1 is 0.773 bits per heavy atom. The van der Waals surface area contributed by atoms with Gasteiger partial charge in [-0.3, -0.25) is 0 Å². The van der Waals surface area contributed by atoms with Crippen molar-refractivity contribution in [1.82, 2.24) is 0 Å². The fourth-order valence-corrected chi connectivity index (χ4v) is 5.10. The Kier molecular flexibility index (Phi) is 10.5. The molecule has 2 nitrogen and oxygen atoms in total. The maximum absolute atomic E-state index is 6.27. The van der Waals surface area contributed by atoms with E-state index in [2.05, 4.69) is 51.1 Å². The maximum atomic E-state index is 6.27. The first-order valence-electron chi connectivity index (χ1n) is 9.08. The number of benzene rings is 1. The summed E-state index contributed by atoms with van der Waals surface area (Å²) < 4.78 is 12.5. The summed E-state index contributed by atoms with van der Waals surface area (Å²) in [6.07, 6.45) is 7.22. The van der Waals surface area contributed by atoms with Gasteiger partial charge in [0.15, 0.2) is 0 Å². The summed E-state index contributed by atoms with van der Waals surface area (Å²) in [5.41, 5.74) is 1.40. The molecule has 126 valence electrons. The summed E-state index contributed by atoms with van der Waals surface area (Å²) >= 11 is 0. The molecule has 3 heteroatoms. The summed E-state index contributed by atoms with van der Waals surface area (Å²) in [5.74, 6) is 0. The zero-order valence-corrected chi connectivity index (χ0v) is 15.8. The average Bonchev–Trinajstić information content (AvgIpc) is 2.58. The van der Waals surface area contributed by atoms with Crippen LogP contribution in [0.15, 0.2) is 30.3 Å². The van der Waals surface area contributed by atoms with Gasteiger partial charge in [0.05, 0.1) is 0 Å². The summed E-state index contributed by atoms with van der Waals surface area (Å²) in [5, 5.41) is 0. The second-order valence-electron chi connectivity index (χ2n) is 5.96. The van der Waals surface area contributed by atoms with Gasteiger partial charge in [-0.15, -0.1) is 0 Å². The molecule has 0 bridgehead atoms. The van der Waals surface area contributed by atoms with E-state index in [4.69, 9.17) is 8.85 Å². The van der Waals surface area contributed by atoms with Crippen LogP contribution in [0, 0.1) is 0 Å². The lowest BCUT2D eigenvalue weighted by Gasteiger charge is -2.29. The van der Waals surface area contributed by atoms with Crippen molar-refractivity contribution in [1.29, 1.82) is 0 Å². The molecule has 0 aliphatic heterocycles. The van der Waals surface area contributed by atoms with Crippen molar-refractivity contribution < 1.29 is 8.85 Å². The van der Waals surface area contributed by atoms with Crippen LogP contribution < -0.4 is 0 Å². The van der Waals surface area contributed by atoms with Gasteiger partial charge in [0.2, 0.25) is 0 Å². The molecule has 0 amide bonds. The van der Waals surface area contributed by atoms with Crippen molar-refractivity contribution in [3.63, 3.8) is 0 Å². The largest absolute Gasteiger partial charge is 0.394 e. The van der Waals surface area contributed by atoms with E-state index in [0.29, 0.717) is 0 Å². The van der Waals surface area contributed by atoms with E-state index in [1.54, 1.807) is 0 Å². The van der Waals surface area contributed by atoms with Gasteiger partial charge in [-0.05, 0) is 36.9 Å². The third-order valence-corrected chi connectivity index (χ3v) is 7.87. The first-order valence-corrected chi connectivity index (χ1v) is 11.3. The van der Waals surface area contributed by atoms with Gasteiger partial charge < -0.3 is 8.85 Å². The van der Waals surface area contributed by atoms with Crippen LogP contribution in [0.25, 0.3) is 0 Å². The van der Waals surface area contributed by atoms with Gasteiger partial charge in [-0.25, -0.2) is 0 Å². The van der Waals surface area contributed by atoms with Gasteiger partial charge in [-0.2, -0.15) is 0 Å². The standard InChI is InChI=1S/C19H34O2Si/c1-4-7-8-12-17-20-22(5-2,6-3)21-18-13-16-19-14-10-9-11-15-19/h9-11,14-15H,4-8,12-13,16-18H2,1-3H3. The molecule has 1 rings (SSSR count). The smallest absolute Gasteiger partial charge is 0.337 e. The van der Waals surface area contributed by atoms with Crippen molar-refractivity contribution in [3.05, 3.63) is 35.9 Å². The maximum Gasteiger partial charge on any atom is 0.337 e. The molecule has 1 aromatic carbocycles. The Labute approximate surface area is 138 Å². The van der Waals surface area contributed by atoms with Gasteiger partial charge in [0, 0.05) is 13.2 Å². The monoisotopic (exact) mass is 322 g/mol. The molecule has 0 atom stereocenters. The second kappa shape index (κ2) is 11.9. The van der Waals surface area contributed by atoms with Crippen LogP contribution in [0.4, 0.5) is 0 Å². The molecule has 0 aliphatic carbocycles. The van der Waals surface area contributed by atoms with E-state index in [1.165, 1.54) is 31.2 Å². The van der Waals surface area contributed by atoms with Crippen LogP contribution in [0.3, 0.4) is 0 Å². The molecule has 0 saturated carbocycles. The molecule has 1 aromatic rings. The normalized spacial score (nSPS) is 11.8. The molecule has 0 saturated heterocycles. The van der Waals surface area contributed by atoms with E-state index in [1.807, 2.05) is 0 Å². The van der Waals surface area contributed by atoms with Crippen molar-refractivity contribution in [2.24, 2.45) is 0 Å². The van der Waals surface area contributed by atoms with E-state index < -0.39 is 8.56 Å². The Balaban J connectivity index is 2.26. The molecule has 22 heavy (non-hydrogen) atoms. The Morgan fingerprint density at radius 2 is 1.41 bits per heavy atom. The Morgan fingerprint density at radius 3 is 2.00 bits per heavy atom. The average molecular weight is 323 g/mol. The zero-order chi connectivity index (χ0) is 16.1. The van der Waals surface area contributed by atoms with Crippen molar-refractivity contribution in [3.8, 4) is 0 Å². The molecular formula is C19H34O2Si. The quantitative estimate of drug-likeness (QED) is 0.342. The fraction of sp³-hybridized carbons (Fsp3) is 0.684. The highest BCUT2D eigenvalue weighted by Gasteiger charge is 2.33. The van der Waals surface area contributed by atoms with E-state index in [9.17, 15) is 0 Å². The SMILES string of the molecule is CCCCCCO[Si](CC)(CC)OCCCc1ccccc1. The fourth-order valence-electron chi connectivity index (χ4n) is 2.67. The number of unbranched alkanes of at least 4 members (excludes halogenated alkanes) is 3. The van der Waals surface area contributed by atoms with Crippen LogP contribution in [-0.4, -0.2) is 21.8 Å². The topological polar surface area (TPSA) is 18.5 Å². The summed E-state index contributed by atoms with van der Waals surface area (Å²) in [7, 11) is -1.94. The number of hydrogen-bond donors (Lipinski definition) is 0. The minimum absolute atomic E-state index is 0.831. The molecule has 0 aliphatic rings.